The molecule has 0 bridgehead atoms. The van der Waals surface area contributed by atoms with Gasteiger partial charge in [0.25, 0.3) is 0 Å². The van der Waals surface area contributed by atoms with Gasteiger partial charge >= 0.3 is 0 Å². The molecule has 0 radical (unpaired) electrons. The van der Waals surface area contributed by atoms with Gasteiger partial charge in [-0.1, -0.05) is 18.9 Å². The summed E-state index contributed by atoms with van der Waals surface area (Å²) in [4.78, 5) is 0. The highest BCUT2D eigenvalue weighted by Gasteiger charge is 2.26. The van der Waals surface area contributed by atoms with Crippen LogP contribution in [-0.4, -0.2) is 5.11 Å². The van der Waals surface area contributed by atoms with Crippen LogP contribution in [0.5, 0.6) is 5.75 Å². The molecule has 0 aliphatic heterocycles. The highest BCUT2D eigenvalue weighted by Crippen LogP contribution is 2.40. The highest BCUT2D eigenvalue weighted by atomic mass is 79.9. The molecule has 16 heavy (non-hydrogen) atoms. The third-order valence-electron chi connectivity index (χ3n) is 3.37. The average molecular weight is 288 g/mol. The molecule has 0 saturated heterocycles. The number of halogens is 2. The molecule has 1 aromatic rings. The summed E-state index contributed by atoms with van der Waals surface area (Å²) < 4.78 is 13.3. The van der Waals surface area contributed by atoms with Crippen LogP contribution in [0.1, 0.15) is 37.3 Å². The Balaban J connectivity index is 2.29. The van der Waals surface area contributed by atoms with E-state index in [4.69, 9.17) is 5.73 Å². The Bertz CT molecular complexity index is 391. The van der Waals surface area contributed by atoms with Crippen LogP contribution in [0.25, 0.3) is 0 Å². The van der Waals surface area contributed by atoms with Gasteiger partial charge in [0.15, 0.2) is 0 Å². The Hall–Kier alpha value is -0.610. The Morgan fingerprint density at radius 1 is 1.38 bits per heavy atom. The van der Waals surface area contributed by atoms with E-state index in [1.165, 1.54) is 18.9 Å². The van der Waals surface area contributed by atoms with Crippen LogP contribution in [0.2, 0.25) is 0 Å². The molecule has 1 fully saturated rings. The van der Waals surface area contributed by atoms with E-state index in [-0.39, 0.29) is 16.3 Å². The normalized spacial score (nSPS) is 18.9. The summed E-state index contributed by atoms with van der Waals surface area (Å²) in [6, 6.07) is 2.73. The van der Waals surface area contributed by atoms with Crippen molar-refractivity contribution in [3.63, 3.8) is 0 Å². The zero-order valence-electron chi connectivity index (χ0n) is 8.92. The lowest BCUT2D eigenvalue weighted by atomic mass is 9.92. The number of hydrogen-bond donors (Lipinski definition) is 2. The van der Waals surface area contributed by atoms with Crippen LogP contribution in [0.3, 0.4) is 0 Å². The van der Waals surface area contributed by atoms with Crippen LogP contribution in [-0.2, 0) is 0 Å². The Labute approximate surface area is 103 Å². The Morgan fingerprint density at radius 3 is 2.62 bits per heavy atom. The van der Waals surface area contributed by atoms with Crippen molar-refractivity contribution in [1.82, 2.24) is 0 Å². The number of aromatic hydroxyl groups is 1. The molecule has 0 spiro atoms. The molecule has 2 rings (SSSR count). The Morgan fingerprint density at radius 2 is 2.00 bits per heavy atom. The summed E-state index contributed by atoms with van der Waals surface area (Å²) in [6.07, 6.45) is 4.58. The molecule has 1 aliphatic rings. The van der Waals surface area contributed by atoms with E-state index in [0.29, 0.717) is 11.5 Å². The molecule has 0 amide bonds. The van der Waals surface area contributed by atoms with Crippen LogP contribution >= 0.6 is 15.9 Å². The number of rotatable bonds is 2. The summed E-state index contributed by atoms with van der Waals surface area (Å²) in [5.74, 6) is -0.109. The van der Waals surface area contributed by atoms with E-state index in [9.17, 15) is 9.50 Å². The van der Waals surface area contributed by atoms with E-state index >= 15 is 0 Å². The van der Waals surface area contributed by atoms with Gasteiger partial charge in [0.05, 0.1) is 4.47 Å². The predicted molar refractivity (Wildman–Crippen MR) is 64.7 cm³/mol. The predicted octanol–water partition coefficient (Wildman–Crippen LogP) is 3.48. The molecule has 88 valence electrons. The van der Waals surface area contributed by atoms with Crippen molar-refractivity contribution in [2.24, 2.45) is 11.7 Å². The van der Waals surface area contributed by atoms with Gasteiger partial charge in [0.1, 0.15) is 11.6 Å². The van der Waals surface area contributed by atoms with Crippen LogP contribution in [0.4, 0.5) is 4.39 Å². The lowest BCUT2D eigenvalue weighted by Crippen LogP contribution is -2.19. The number of hydrogen-bond acceptors (Lipinski definition) is 2. The quantitative estimate of drug-likeness (QED) is 0.875. The molecule has 1 aromatic carbocycles. The average Bonchev–Trinajstić information content (AvgIpc) is 2.79. The van der Waals surface area contributed by atoms with E-state index in [1.54, 1.807) is 6.07 Å². The number of phenolic OH excluding ortho intramolecular Hbond substituents is 1. The van der Waals surface area contributed by atoms with Crippen molar-refractivity contribution in [1.29, 1.82) is 0 Å². The van der Waals surface area contributed by atoms with Crippen molar-refractivity contribution < 1.29 is 9.50 Å². The molecule has 1 aliphatic carbocycles. The van der Waals surface area contributed by atoms with Crippen molar-refractivity contribution in [2.75, 3.05) is 0 Å². The van der Waals surface area contributed by atoms with Gasteiger partial charge in [-0.25, -0.2) is 4.39 Å². The maximum absolute atomic E-state index is 13.2. The minimum atomic E-state index is -0.458. The fourth-order valence-corrected chi connectivity index (χ4v) is 2.76. The standard InChI is InChI=1S/C12H15BrFNO/c13-10-9(14)6-5-8(12(10)16)11(15)7-3-1-2-4-7/h5-7,11,16H,1-4,15H2/t11-/m0/s1. The van der Waals surface area contributed by atoms with E-state index in [0.717, 1.165) is 12.8 Å². The molecule has 0 heterocycles. The first-order valence-electron chi connectivity index (χ1n) is 5.53. The third kappa shape index (κ3) is 2.09. The molecule has 2 nitrogen and oxygen atoms in total. The van der Waals surface area contributed by atoms with Crippen LogP contribution in [0.15, 0.2) is 16.6 Å². The number of nitrogens with two attached hydrogens (primary N) is 1. The minimum absolute atomic E-state index is 0.0561. The second kappa shape index (κ2) is 4.72. The summed E-state index contributed by atoms with van der Waals surface area (Å²) in [5, 5.41) is 9.84. The molecule has 0 unspecified atom stereocenters. The first kappa shape index (κ1) is 11.9. The van der Waals surface area contributed by atoms with Crippen molar-refractivity contribution >= 4 is 15.9 Å². The maximum atomic E-state index is 13.2. The maximum Gasteiger partial charge on any atom is 0.141 e. The molecule has 3 N–H and O–H groups in total. The third-order valence-corrected chi connectivity index (χ3v) is 4.12. The topological polar surface area (TPSA) is 46.2 Å². The van der Waals surface area contributed by atoms with E-state index in [1.807, 2.05) is 0 Å². The highest BCUT2D eigenvalue weighted by molar-refractivity contribution is 9.10. The van der Waals surface area contributed by atoms with Crippen molar-refractivity contribution in [2.45, 2.75) is 31.7 Å². The first-order valence-corrected chi connectivity index (χ1v) is 6.33. The zero-order valence-corrected chi connectivity index (χ0v) is 10.5. The van der Waals surface area contributed by atoms with Gasteiger partial charge in [-0.15, -0.1) is 0 Å². The number of phenols is 1. The minimum Gasteiger partial charge on any atom is -0.506 e. The van der Waals surface area contributed by atoms with Crippen LogP contribution < -0.4 is 5.73 Å². The molecule has 1 saturated carbocycles. The molecular formula is C12H15BrFNO. The summed E-state index contributed by atoms with van der Waals surface area (Å²) in [7, 11) is 0. The second-order valence-electron chi connectivity index (χ2n) is 4.37. The Kier molecular flexibility index (Phi) is 3.50. The van der Waals surface area contributed by atoms with E-state index < -0.39 is 5.82 Å². The van der Waals surface area contributed by atoms with Crippen molar-refractivity contribution in [3.05, 3.63) is 28.0 Å². The molecule has 1 atom stereocenters. The van der Waals surface area contributed by atoms with Gasteiger partial charge in [-0.3, -0.25) is 0 Å². The smallest absolute Gasteiger partial charge is 0.141 e. The monoisotopic (exact) mass is 287 g/mol. The fourth-order valence-electron chi connectivity index (χ4n) is 2.39. The summed E-state index contributed by atoms with van der Waals surface area (Å²) in [6.45, 7) is 0. The van der Waals surface area contributed by atoms with E-state index in [2.05, 4.69) is 15.9 Å². The second-order valence-corrected chi connectivity index (χ2v) is 5.16. The molecule has 0 aromatic heterocycles. The first-order chi connectivity index (χ1) is 7.61. The van der Waals surface area contributed by atoms with Gasteiger partial charge in [-0.05, 0) is 40.8 Å². The van der Waals surface area contributed by atoms with Crippen LogP contribution in [0, 0.1) is 11.7 Å². The molecular weight excluding hydrogens is 273 g/mol. The molecule has 4 heteroatoms. The summed E-state index contributed by atoms with van der Waals surface area (Å²) in [5.41, 5.74) is 6.76. The SMILES string of the molecule is N[C@H](c1ccc(F)c(Br)c1O)C1CCCC1. The lowest BCUT2D eigenvalue weighted by molar-refractivity contribution is 0.407. The fraction of sp³-hybridized carbons (Fsp3) is 0.500. The lowest BCUT2D eigenvalue weighted by Gasteiger charge is -2.20. The van der Waals surface area contributed by atoms with Crippen molar-refractivity contribution in [3.8, 4) is 5.75 Å². The van der Waals surface area contributed by atoms with Gasteiger partial charge < -0.3 is 10.8 Å². The number of benzene rings is 1. The largest absolute Gasteiger partial charge is 0.506 e. The van der Waals surface area contributed by atoms with Gasteiger partial charge in [0.2, 0.25) is 0 Å². The van der Waals surface area contributed by atoms with Gasteiger partial charge in [-0.2, -0.15) is 0 Å². The van der Waals surface area contributed by atoms with Gasteiger partial charge in [0, 0.05) is 11.6 Å². The zero-order chi connectivity index (χ0) is 11.7. The summed E-state index contributed by atoms with van der Waals surface area (Å²) >= 11 is 3.03.